The summed E-state index contributed by atoms with van der Waals surface area (Å²) in [5.41, 5.74) is 2.09. The molecule has 0 heterocycles. The molecule has 2 atom stereocenters. The van der Waals surface area contributed by atoms with E-state index in [1.165, 1.54) is 12.0 Å². The summed E-state index contributed by atoms with van der Waals surface area (Å²) < 4.78 is 0. The SMILES string of the molecule is CC(C)=CC1CC1(C)C(C)C. The molecule has 0 heteroatoms. The predicted molar refractivity (Wildman–Crippen MR) is 50.5 cm³/mol. The molecule has 0 bridgehead atoms. The second-order valence-corrected chi connectivity index (χ2v) is 4.72. The van der Waals surface area contributed by atoms with Gasteiger partial charge in [0.25, 0.3) is 0 Å². The van der Waals surface area contributed by atoms with Gasteiger partial charge < -0.3 is 0 Å². The molecule has 0 radical (unpaired) electrons. The fraction of sp³-hybridized carbons (Fsp3) is 0.818. The first-order valence-electron chi connectivity index (χ1n) is 4.62. The van der Waals surface area contributed by atoms with E-state index >= 15 is 0 Å². The summed E-state index contributed by atoms with van der Waals surface area (Å²) in [4.78, 5) is 0. The molecule has 0 nitrogen and oxygen atoms in total. The molecule has 0 aromatic heterocycles. The second kappa shape index (κ2) is 2.66. The number of hydrogen-bond acceptors (Lipinski definition) is 0. The third-order valence-electron chi connectivity index (χ3n) is 3.20. The first-order valence-corrected chi connectivity index (χ1v) is 4.62. The average molecular weight is 152 g/mol. The number of allylic oxidation sites excluding steroid dienone is 2. The Morgan fingerprint density at radius 2 is 2.00 bits per heavy atom. The van der Waals surface area contributed by atoms with E-state index in [0.717, 1.165) is 11.8 Å². The van der Waals surface area contributed by atoms with Crippen molar-refractivity contribution in [3.8, 4) is 0 Å². The summed E-state index contributed by atoms with van der Waals surface area (Å²) in [6.07, 6.45) is 3.83. The van der Waals surface area contributed by atoms with E-state index in [9.17, 15) is 0 Å². The van der Waals surface area contributed by atoms with E-state index in [2.05, 4.69) is 40.7 Å². The van der Waals surface area contributed by atoms with Crippen molar-refractivity contribution in [1.82, 2.24) is 0 Å². The van der Waals surface area contributed by atoms with Gasteiger partial charge in [-0.1, -0.05) is 32.4 Å². The van der Waals surface area contributed by atoms with Gasteiger partial charge in [-0.25, -0.2) is 0 Å². The van der Waals surface area contributed by atoms with Crippen molar-refractivity contribution in [1.29, 1.82) is 0 Å². The van der Waals surface area contributed by atoms with Crippen molar-refractivity contribution in [3.05, 3.63) is 11.6 Å². The van der Waals surface area contributed by atoms with Gasteiger partial charge in [-0.05, 0) is 37.5 Å². The highest BCUT2D eigenvalue weighted by Gasteiger charge is 2.50. The van der Waals surface area contributed by atoms with Crippen LogP contribution in [0.3, 0.4) is 0 Å². The van der Waals surface area contributed by atoms with Gasteiger partial charge >= 0.3 is 0 Å². The van der Waals surface area contributed by atoms with Crippen molar-refractivity contribution in [2.45, 2.75) is 41.0 Å². The van der Waals surface area contributed by atoms with Gasteiger partial charge in [0.2, 0.25) is 0 Å². The molecular formula is C11H20. The minimum Gasteiger partial charge on any atom is -0.0822 e. The van der Waals surface area contributed by atoms with Gasteiger partial charge in [0.05, 0.1) is 0 Å². The molecule has 1 aliphatic rings. The van der Waals surface area contributed by atoms with Gasteiger partial charge in [0.1, 0.15) is 0 Å². The third-order valence-corrected chi connectivity index (χ3v) is 3.20. The van der Waals surface area contributed by atoms with Crippen LogP contribution in [0.2, 0.25) is 0 Å². The molecule has 0 aliphatic heterocycles. The molecule has 0 N–H and O–H groups in total. The highest BCUT2D eigenvalue weighted by atomic mass is 14.5. The Balaban J connectivity index is 2.54. The zero-order valence-electron chi connectivity index (χ0n) is 8.44. The van der Waals surface area contributed by atoms with Crippen LogP contribution < -0.4 is 0 Å². The first kappa shape index (κ1) is 8.83. The molecule has 0 saturated heterocycles. The van der Waals surface area contributed by atoms with Crippen LogP contribution >= 0.6 is 0 Å². The van der Waals surface area contributed by atoms with Gasteiger partial charge in [-0.2, -0.15) is 0 Å². The fourth-order valence-corrected chi connectivity index (χ4v) is 1.73. The quantitative estimate of drug-likeness (QED) is 0.530. The maximum absolute atomic E-state index is 2.43. The van der Waals surface area contributed by atoms with Crippen LogP contribution in [-0.4, -0.2) is 0 Å². The van der Waals surface area contributed by atoms with Gasteiger partial charge in [0, 0.05) is 0 Å². The topological polar surface area (TPSA) is 0 Å². The van der Waals surface area contributed by atoms with Crippen LogP contribution in [0.15, 0.2) is 11.6 Å². The Morgan fingerprint density at radius 1 is 1.45 bits per heavy atom. The fourth-order valence-electron chi connectivity index (χ4n) is 1.73. The second-order valence-electron chi connectivity index (χ2n) is 4.72. The summed E-state index contributed by atoms with van der Waals surface area (Å²) in [6.45, 7) is 11.5. The monoisotopic (exact) mass is 152 g/mol. The molecule has 0 spiro atoms. The molecule has 2 unspecified atom stereocenters. The maximum Gasteiger partial charge on any atom is -0.0169 e. The lowest BCUT2D eigenvalue weighted by molar-refractivity contribution is 0.375. The van der Waals surface area contributed by atoms with Crippen molar-refractivity contribution < 1.29 is 0 Å². The standard InChI is InChI=1S/C11H20/c1-8(2)6-10-7-11(10,5)9(3)4/h6,9-10H,7H2,1-5H3. The molecule has 1 saturated carbocycles. The summed E-state index contributed by atoms with van der Waals surface area (Å²) in [6, 6.07) is 0. The van der Waals surface area contributed by atoms with Crippen LogP contribution in [0.1, 0.15) is 41.0 Å². The Labute approximate surface area is 70.7 Å². The van der Waals surface area contributed by atoms with Crippen molar-refractivity contribution in [2.24, 2.45) is 17.3 Å². The molecule has 1 rings (SSSR count). The lowest BCUT2D eigenvalue weighted by atomic mass is 9.91. The predicted octanol–water partition coefficient (Wildman–Crippen LogP) is 3.63. The first-order chi connectivity index (χ1) is 4.97. The van der Waals surface area contributed by atoms with Crippen LogP contribution in [0.25, 0.3) is 0 Å². The van der Waals surface area contributed by atoms with E-state index in [-0.39, 0.29) is 0 Å². The zero-order valence-corrected chi connectivity index (χ0v) is 8.44. The zero-order chi connectivity index (χ0) is 8.65. The number of rotatable bonds is 2. The highest BCUT2D eigenvalue weighted by Crippen LogP contribution is 2.58. The summed E-state index contributed by atoms with van der Waals surface area (Å²) in [5.74, 6) is 1.70. The molecular weight excluding hydrogens is 132 g/mol. The lowest BCUT2D eigenvalue weighted by Crippen LogP contribution is -2.06. The third kappa shape index (κ3) is 1.66. The Bertz CT molecular complexity index is 172. The van der Waals surface area contributed by atoms with E-state index < -0.39 is 0 Å². The minimum absolute atomic E-state index is 0.622. The molecule has 0 amide bonds. The van der Waals surface area contributed by atoms with E-state index in [4.69, 9.17) is 0 Å². The Hall–Kier alpha value is -0.260. The largest absolute Gasteiger partial charge is 0.0822 e. The molecule has 11 heavy (non-hydrogen) atoms. The maximum atomic E-state index is 2.43. The molecule has 0 aromatic carbocycles. The lowest BCUT2D eigenvalue weighted by Gasteiger charge is -2.13. The van der Waals surface area contributed by atoms with Gasteiger partial charge in [-0.15, -0.1) is 0 Å². The summed E-state index contributed by atoms with van der Waals surface area (Å²) in [7, 11) is 0. The van der Waals surface area contributed by atoms with E-state index in [1.807, 2.05) is 0 Å². The molecule has 64 valence electrons. The van der Waals surface area contributed by atoms with Crippen molar-refractivity contribution in [2.75, 3.05) is 0 Å². The molecule has 0 aromatic rings. The Morgan fingerprint density at radius 3 is 2.27 bits per heavy atom. The van der Waals surface area contributed by atoms with Crippen LogP contribution in [-0.2, 0) is 0 Å². The summed E-state index contributed by atoms with van der Waals surface area (Å²) >= 11 is 0. The van der Waals surface area contributed by atoms with Crippen LogP contribution in [0.5, 0.6) is 0 Å². The summed E-state index contributed by atoms with van der Waals surface area (Å²) in [5, 5.41) is 0. The molecule has 1 aliphatic carbocycles. The smallest absolute Gasteiger partial charge is 0.0169 e. The van der Waals surface area contributed by atoms with E-state index in [0.29, 0.717) is 5.41 Å². The number of hydrogen-bond donors (Lipinski definition) is 0. The highest BCUT2D eigenvalue weighted by molar-refractivity contribution is 5.13. The van der Waals surface area contributed by atoms with Crippen molar-refractivity contribution in [3.63, 3.8) is 0 Å². The normalized spacial score (nSPS) is 35.6. The Kier molecular flexibility index (Phi) is 2.13. The van der Waals surface area contributed by atoms with Crippen LogP contribution in [0, 0.1) is 17.3 Å². The van der Waals surface area contributed by atoms with Gasteiger partial charge in [0.15, 0.2) is 0 Å². The van der Waals surface area contributed by atoms with Crippen molar-refractivity contribution >= 4 is 0 Å². The van der Waals surface area contributed by atoms with Crippen LogP contribution in [0.4, 0.5) is 0 Å². The van der Waals surface area contributed by atoms with Gasteiger partial charge in [-0.3, -0.25) is 0 Å². The minimum atomic E-state index is 0.622. The average Bonchev–Trinajstić information content (AvgIpc) is 2.42. The van der Waals surface area contributed by atoms with E-state index in [1.54, 1.807) is 0 Å². The molecule has 1 fully saturated rings.